The number of nitrogens with zero attached hydrogens (tertiary/aromatic N) is 4. The number of carbonyl (C=O) groups is 1. The lowest BCUT2D eigenvalue weighted by Crippen LogP contribution is -2.49. The van der Waals surface area contributed by atoms with Gasteiger partial charge in [-0.3, -0.25) is 4.90 Å². The summed E-state index contributed by atoms with van der Waals surface area (Å²) in [6, 6.07) is 13.9. The molecule has 1 atom stereocenters. The molecule has 2 heterocycles. The van der Waals surface area contributed by atoms with Gasteiger partial charge in [0.25, 0.3) is 0 Å². The molecule has 1 aromatic carbocycles. The van der Waals surface area contributed by atoms with Gasteiger partial charge in [0.1, 0.15) is 5.69 Å². The topological polar surface area (TPSA) is 69.5 Å². The van der Waals surface area contributed by atoms with Crippen molar-refractivity contribution in [3.63, 3.8) is 0 Å². The highest BCUT2D eigenvalue weighted by Crippen LogP contribution is 2.25. The molecule has 1 aliphatic heterocycles. The zero-order chi connectivity index (χ0) is 22.5. The maximum atomic E-state index is 12.0. The van der Waals surface area contributed by atoms with Crippen molar-refractivity contribution in [1.82, 2.24) is 9.88 Å². The number of carbonyl (C=O) groups excluding carboxylic acids is 1. The molecule has 0 unspecified atom stereocenters. The summed E-state index contributed by atoms with van der Waals surface area (Å²) in [6.45, 7) is 5.80. The Hall–Kier alpha value is -3.61. The third kappa shape index (κ3) is 4.82. The first-order valence-electron chi connectivity index (χ1n) is 10.8. The molecule has 6 heteroatoms. The second-order valence-electron chi connectivity index (χ2n) is 8.07. The highest BCUT2D eigenvalue weighted by Gasteiger charge is 2.26. The lowest BCUT2D eigenvalue weighted by molar-refractivity contribution is 0.0600. The Bertz CT molecular complexity index is 1130. The normalized spacial score (nSPS) is 18.3. The van der Waals surface area contributed by atoms with E-state index in [4.69, 9.17) is 10.00 Å². The van der Waals surface area contributed by atoms with E-state index >= 15 is 0 Å². The lowest BCUT2D eigenvalue weighted by atomic mass is 10.1. The molecular weight excluding hydrogens is 400 g/mol. The zero-order valence-electron chi connectivity index (χ0n) is 18.5. The average molecular weight is 427 g/mol. The Morgan fingerprint density at radius 2 is 1.84 bits per heavy atom. The summed E-state index contributed by atoms with van der Waals surface area (Å²) in [5.41, 5.74) is 4.65. The van der Waals surface area contributed by atoms with Crippen molar-refractivity contribution >= 4 is 11.7 Å². The number of benzene rings is 1. The smallest absolute Gasteiger partial charge is 0.340 e. The van der Waals surface area contributed by atoms with Crippen LogP contribution in [0.1, 0.15) is 40.2 Å². The first-order valence-corrected chi connectivity index (χ1v) is 10.8. The number of aromatic nitrogens is 1. The highest BCUT2D eigenvalue weighted by molar-refractivity contribution is 5.91. The number of hydrogen-bond acceptors (Lipinski definition) is 6. The van der Waals surface area contributed by atoms with Crippen LogP contribution < -0.4 is 4.90 Å². The summed E-state index contributed by atoms with van der Waals surface area (Å²) < 4.78 is 4.85. The third-order valence-corrected chi connectivity index (χ3v) is 6.03. The molecule has 0 radical (unpaired) electrons. The molecule has 1 aromatic heterocycles. The Kier molecular flexibility index (Phi) is 6.54. The Morgan fingerprint density at radius 3 is 2.53 bits per heavy atom. The van der Waals surface area contributed by atoms with Gasteiger partial charge in [0.2, 0.25) is 0 Å². The molecule has 162 valence electrons. The first-order chi connectivity index (χ1) is 15.6. The van der Waals surface area contributed by atoms with Crippen LogP contribution in [-0.2, 0) is 4.74 Å². The van der Waals surface area contributed by atoms with Gasteiger partial charge in [-0.25, -0.2) is 9.78 Å². The molecule has 2 aliphatic rings. The lowest BCUT2D eigenvalue weighted by Gasteiger charge is -2.38. The minimum absolute atomic E-state index is 0.396. The van der Waals surface area contributed by atoms with Gasteiger partial charge in [0, 0.05) is 49.2 Å². The molecule has 0 bridgehead atoms. The van der Waals surface area contributed by atoms with E-state index in [9.17, 15) is 4.79 Å². The fourth-order valence-electron chi connectivity index (χ4n) is 4.22. The van der Waals surface area contributed by atoms with Crippen LogP contribution >= 0.6 is 0 Å². The van der Waals surface area contributed by atoms with E-state index in [0.29, 0.717) is 22.9 Å². The number of piperazine rings is 1. The molecular formula is C26H26N4O2. The van der Waals surface area contributed by atoms with E-state index in [1.165, 1.54) is 12.8 Å². The minimum Gasteiger partial charge on any atom is -0.465 e. The fourth-order valence-corrected chi connectivity index (χ4v) is 4.22. The number of ether oxygens (including phenoxy) is 1. The summed E-state index contributed by atoms with van der Waals surface area (Å²) in [4.78, 5) is 21.3. The number of allylic oxidation sites excluding steroid dienone is 1. The predicted octanol–water partition coefficient (Wildman–Crippen LogP) is 3.31. The van der Waals surface area contributed by atoms with Gasteiger partial charge in [-0.1, -0.05) is 12.0 Å². The van der Waals surface area contributed by atoms with Crippen molar-refractivity contribution in [3.05, 3.63) is 70.6 Å². The van der Waals surface area contributed by atoms with E-state index in [0.717, 1.165) is 50.3 Å². The number of hydrogen-bond donors (Lipinski definition) is 0. The maximum Gasteiger partial charge on any atom is 0.340 e. The molecule has 6 nitrogen and oxygen atoms in total. The molecule has 4 rings (SSSR count). The van der Waals surface area contributed by atoms with Gasteiger partial charge in [-0.2, -0.15) is 5.26 Å². The van der Waals surface area contributed by atoms with Gasteiger partial charge >= 0.3 is 5.97 Å². The molecule has 0 spiro atoms. The van der Waals surface area contributed by atoms with Gasteiger partial charge < -0.3 is 9.64 Å². The second-order valence-corrected chi connectivity index (χ2v) is 8.07. The van der Waals surface area contributed by atoms with Gasteiger partial charge in [0.05, 0.1) is 24.3 Å². The third-order valence-electron chi connectivity index (χ3n) is 6.03. The minimum atomic E-state index is -0.416. The van der Waals surface area contributed by atoms with Crippen LogP contribution in [0.25, 0.3) is 0 Å². The van der Waals surface area contributed by atoms with Crippen molar-refractivity contribution in [1.29, 1.82) is 5.26 Å². The van der Waals surface area contributed by atoms with Crippen molar-refractivity contribution < 1.29 is 9.53 Å². The van der Waals surface area contributed by atoms with E-state index in [1.54, 1.807) is 12.1 Å². The number of anilines is 1. The van der Waals surface area contributed by atoms with Crippen LogP contribution in [0.15, 0.2) is 48.0 Å². The fraction of sp³-hybridized carbons (Fsp3) is 0.346. The van der Waals surface area contributed by atoms with Gasteiger partial charge in [-0.15, -0.1) is 0 Å². The molecule has 0 saturated carbocycles. The van der Waals surface area contributed by atoms with Gasteiger partial charge in [-0.05, 0) is 62.1 Å². The molecule has 1 fully saturated rings. The van der Waals surface area contributed by atoms with Crippen LogP contribution in [0.3, 0.4) is 0 Å². The first kappa shape index (κ1) is 21.6. The van der Waals surface area contributed by atoms with E-state index < -0.39 is 5.97 Å². The second kappa shape index (κ2) is 9.68. The quantitative estimate of drug-likeness (QED) is 0.554. The summed E-state index contributed by atoms with van der Waals surface area (Å²) in [7, 11) is 1.37. The molecule has 2 aromatic rings. The van der Waals surface area contributed by atoms with Crippen molar-refractivity contribution in [3.8, 4) is 17.9 Å². The van der Waals surface area contributed by atoms with Crippen LogP contribution in [0, 0.1) is 30.1 Å². The Labute approximate surface area is 189 Å². The number of esters is 1. The zero-order valence-corrected chi connectivity index (χ0v) is 18.5. The summed E-state index contributed by atoms with van der Waals surface area (Å²) in [6.07, 6.45) is 4.26. The summed E-state index contributed by atoms with van der Waals surface area (Å²) >= 11 is 0. The predicted molar refractivity (Wildman–Crippen MR) is 123 cm³/mol. The van der Waals surface area contributed by atoms with Crippen LogP contribution in [0.2, 0.25) is 0 Å². The van der Waals surface area contributed by atoms with Crippen molar-refractivity contribution in [2.75, 3.05) is 38.2 Å². The Balaban J connectivity index is 1.39. The number of rotatable bonds is 3. The van der Waals surface area contributed by atoms with E-state index in [2.05, 4.69) is 38.8 Å². The van der Waals surface area contributed by atoms with Crippen LogP contribution in [0.4, 0.5) is 5.69 Å². The average Bonchev–Trinajstić information content (AvgIpc) is 3.31. The summed E-state index contributed by atoms with van der Waals surface area (Å²) in [5.74, 6) is 5.91. The van der Waals surface area contributed by atoms with Gasteiger partial charge in [0.15, 0.2) is 0 Å². The maximum absolute atomic E-state index is 12.0. The molecule has 0 amide bonds. The molecule has 1 aliphatic carbocycles. The van der Waals surface area contributed by atoms with Crippen LogP contribution in [0.5, 0.6) is 0 Å². The monoisotopic (exact) mass is 426 g/mol. The molecule has 0 N–H and O–H groups in total. The van der Waals surface area contributed by atoms with E-state index in [-0.39, 0.29) is 0 Å². The number of aryl methyl sites for hydroxylation is 1. The highest BCUT2D eigenvalue weighted by atomic mass is 16.5. The SMILES string of the molecule is COC(=O)c1ccc(C)nc1C#CC1=C[C@H](N2CCN(c3ccc(C#N)cc3)CC2)CC1. The molecule has 1 saturated heterocycles. The van der Waals surface area contributed by atoms with E-state index in [1.807, 2.05) is 31.2 Å². The van der Waals surface area contributed by atoms with Crippen LogP contribution in [-0.4, -0.2) is 55.2 Å². The Morgan fingerprint density at radius 1 is 1.09 bits per heavy atom. The summed E-state index contributed by atoms with van der Waals surface area (Å²) in [5, 5.41) is 8.97. The number of methoxy groups -OCH3 is 1. The van der Waals surface area contributed by atoms with Crippen molar-refractivity contribution in [2.45, 2.75) is 25.8 Å². The number of pyridine rings is 1. The number of nitriles is 1. The standard InChI is InChI=1S/C26H26N4O2/c1-19-3-11-24(26(31)32-2)25(28-19)12-7-20-4-10-23(17-20)30-15-13-29(14-16-30)22-8-5-21(18-27)6-9-22/h3,5-6,8-9,11,17,23H,4,10,13-16H2,1-2H3/t23-/m1/s1. The van der Waals surface area contributed by atoms with Crippen molar-refractivity contribution in [2.24, 2.45) is 0 Å². The largest absolute Gasteiger partial charge is 0.465 e. The molecule has 32 heavy (non-hydrogen) atoms.